The maximum absolute atomic E-state index is 4.51. The van der Waals surface area contributed by atoms with Crippen LogP contribution in [0.15, 0.2) is 70.9 Å². The van der Waals surface area contributed by atoms with Crippen molar-refractivity contribution in [3.05, 3.63) is 66.2 Å². The van der Waals surface area contributed by atoms with E-state index in [1.54, 1.807) is 11.3 Å². The number of hydrazine groups is 1. The van der Waals surface area contributed by atoms with Crippen molar-refractivity contribution in [3.8, 4) is 0 Å². The molecule has 0 amide bonds. The Labute approximate surface area is 105 Å². The minimum atomic E-state index is 0.832. The van der Waals surface area contributed by atoms with Gasteiger partial charge in [0.2, 0.25) is 0 Å². The van der Waals surface area contributed by atoms with Crippen LogP contribution < -0.4 is 10.7 Å². The van der Waals surface area contributed by atoms with E-state index in [0.717, 1.165) is 17.0 Å². The number of rotatable bonds is 2. The molecule has 1 aliphatic heterocycles. The summed E-state index contributed by atoms with van der Waals surface area (Å²) >= 11 is 0. The third-order valence-electron chi connectivity index (χ3n) is 2.62. The normalized spacial score (nSPS) is 14.0. The fraction of sp³-hybridized carbons (Fsp3) is 0. The van der Waals surface area contributed by atoms with Crippen LogP contribution in [0.3, 0.4) is 0 Å². The van der Waals surface area contributed by atoms with E-state index in [1.807, 2.05) is 60.7 Å². The maximum Gasteiger partial charge on any atom is 0.113 e. The first-order valence-corrected chi connectivity index (χ1v) is 5.71. The van der Waals surface area contributed by atoms with Crippen LogP contribution in [0.2, 0.25) is 0 Å². The summed E-state index contributed by atoms with van der Waals surface area (Å²) in [6.45, 7) is 0. The lowest BCUT2D eigenvalue weighted by molar-refractivity contribution is 0.680. The summed E-state index contributed by atoms with van der Waals surface area (Å²) in [4.78, 5) is 0. The van der Waals surface area contributed by atoms with E-state index in [9.17, 15) is 0 Å². The van der Waals surface area contributed by atoms with Crippen molar-refractivity contribution < 1.29 is 0 Å². The second-order valence-corrected chi connectivity index (χ2v) is 3.86. The zero-order valence-corrected chi connectivity index (χ0v) is 9.69. The molecular weight excluding hydrogens is 224 g/mol. The third-order valence-corrected chi connectivity index (χ3v) is 2.62. The number of benzene rings is 2. The van der Waals surface area contributed by atoms with Crippen molar-refractivity contribution in [3.63, 3.8) is 0 Å². The quantitative estimate of drug-likeness (QED) is 0.869. The molecule has 1 heterocycles. The van der Waals surface area contributed by atoms with Crippen molar-refractivity contribution >= 4 is 17.6 Å². The number of hydrogen-bond donors (Lipinski definition) is 1. The molecule has 0 saturated carbocycles. The molecule has 0 saturated heterocycles. The molecule has 0 bridgehead atoms. The first-order valence-electron chi connectivity index (χ1n) is 5.71. The van der Waals surface area contributed by atoms with E-state index in [-0.39, 0.29) is 0 Å². The molecule has 3 rings (SSSR count). The van der Waals surface area contributed by atoms with Gasteiger partial charge in [0.05, 0.1) is 11.9 Å². The van der Waals surface area contributed by atoms with Gasteiger partial charge in [-0.25, -0.2) is 0 Å². The molecule has 0 radical (unpaired) electrons. The standard InChI is InChI=1S/C14H12N4/c1-3-7-12(8-4-1)14-11-15-17-18(16-14)13-9-5-2-6-10-13/h1-11,17H. The zero-order chi connectivity index (χ0) is 12.2. The van der Waals surface area contributed by atoms with Crippen LogP contribution >= 0.6 is 0 Å². The molecule has 4 nitrogen and oxygen atoms in total. The van der Waals surface area contributed by atoms with Gasteiger partial charge < -0.3 is 0 Å². The van der Waals surface area contributed by atoms with Crippen molar-refractivity contribution in [2.24, 2.45) is 10.2 Å². The van der Waals surface area contributed by atoms with E-state index >= 15 is 0 Å². The first kappa shape index (κ1) is 10.5. The molecule has 0 aromatic heterocycles. The topological polar surface area (TPSA) is 40.0 Å². The minimum Gasteiger partial charge on any atom is -0.197 e. The third kappa shape index (κ3) is 2.08. The smallest absolute Gasteiger partial charge is 0.113 e. The van der Waals surface area contributed by atoms with Crippen LogP contribution in [-0.2, 0) is 0 Å². The van der Waals surface area contributed by atoms with Crippen molar-refractivity contribution in [1.29, 1.82) is 0 Å². The molecule has 2 aromatic rings. The zero-order valence-electron chi connectivity index (χ0n) is 9.69. The van der Waals surface area contributed by atoms with Gasteiger partial charge >= 0.3 is 0 Å². The van der Waals surface area contributed by atoms with Gasteiger partial charge in [-0.05, 0) is 12.1 Å². The fourth-order valence-corrected chi connectivity index (χ4v) is 1.73. The average molecular weight is 236 g/mol. The number of nitrogens with one attached hydrogen (secondary N) is 1. The predicted molar refractivity (Wildman–Crippen MR) is 73.5 cm³/mol. The Morgan fingerprint density at radius 2 is 1.50 bits per heavy atom. The monoisotopic (exact) mass is 236 g/mol. The second-order valence-electron chi connectivity index (χ2n) is 3.86. The number of hydrazone groups is 2. The molecule has 0 spiro atoms. The molecule has 18 heavy (non-hydrogen) atoms. The molecule has 1 aliphatic rings. The summed E-state index contributed by atoms with van der Waals surface area (Å²) in [5.41, 5.74) is 5.67. The second kappa shape index (κ2) is 4.71. The Morgan fingerprint density at radius 3 is 2.22 bits per heavy atom. The largest absolute Gasteiger partial charge is 0.197 e. The van der Waals surface area contributed by atoms with E-state index in [2.05, 4.69) is 15.7 Å². The molecule has 4 heteroatoms. The summed E-state index contributed by atoms with van der Waals surface area (Å²) < 4.78 is 0. The van der Waals surface area contributed by atoms with Gasteiger partial charge in [0.25, 0.3) is 0 Å². The number of para-hydroxylation sites is 1. The van der Waals surface area contributed by atoms with Gasteiger partial charge in [-0.15, -0.1) is 5.10 Å². The lowest BCUT2D eigenvalue weighted by atomic mass is 10.1. The van der Waals surface area contributed by atoms with Crippen molar-refractivity contribution in [2.45, 2.75) is 0 Å². The van der Waals surface area contributed by atoms with E-state index in [4.69, 9.17) is 0 Å². The van der Waals surface area contributed by atoms with E-state index < -0.39 is 0 Å². The van der Waals surface area contributed by atoms with Gasteiger partial charge in [0.15, 0.2) is 0 Å². The Kier molecular flexibility index (Phi) is 2.75. The highest BCUT2D eigenvalue weighted by atomic mass is 15.8. The predicted octanol–water partition coefficient (Wildman–Crippen LogP) is 2.40. The van der Waals surface area contributed by atoms with Crippen LogP contribution in [0.5, 0.6) is 0 Å². The Balaban J connectivity index is 1.93. The fourth-order valence-electron chi connectivity index (χ4n) is 1.73. The van der Waals surface area contributed by atoms with Gasteiger partial charge in [-0.1, -0.05) is 48.5 Å². The number of anilines is 1. The highest BCUT2D eigenvalue weighted by Gasteiger charge is 2.10. The van der Waals surface area contributed by atoms with Gasteiger partial charge in [0, 0.05) is 5.56 Å². The van der Waals surface area contributed by atoms with Crippen LogP contribution in [0.4, 0.5) is 5.69 Å². The highest BCUT2D eigenvalue weighted by molar-refractivity contribution is 6.38. The van der Waals surface area contributed by atoms with E-state index in [1.165, 1.54) is 0 Å². The summed E-state index contributed by atoms with van der Waals surface area (Å²) in [5, 5.41) is 10.3. The lowest BCUT2D eigenvalue weighted by Crippen LogP contribution is -2.34. The Morgan fingerprint density at radius 1 is 0.833 bits per heavy atom. The lowest BCUT2D eigenvalue weighted by Gasteiger charge is -2.21. The van der Waals surface area contributed by atoms with Gasteiger partial charge in [0.1, 0.15) is 5.71 Å². The van der Waals surface area contributed by atoms with E-state index in [0.29, 0.717) is 0 Å². The summed E-state index contributed by atoms with van der Waals surface area (Å²) in [6, 6.07) is 19.8. The van der Waals surface area contributed by atoms with Gasteiger partial charge in [-0.2, -0.15) is 15.8 Å². The number of nitrogens with zero attached hydrogens (tertiary/aromatic N) is 3. The minimum absolute atomic E-state index is 0.832. The molecule has 0 unspecified atom stereocenters. The first-order chi connectivity index (χ1) is 8.93. The van der Waals surface area contributed by atoms with Crippen LogP contribution in [0.1, 0.15) is 5.56 Å². The summed E-state index contributed by atoms with van der Waals surface area (Å²) in [5.74, 6) is 0. The van der Waals surface area contributed by atoms with Crippen molar-refractivity contribution in [2.75, 3.05) is 5.12 Å². The molecule has 1 N–H and O–H groups in total. The molecule has 2 aromatic carbocycles. The number of hydrogen-bond acceptors (Lipinski definition) is 4. The molecule has 0 atom stereocenters. The SMILES string of the molecule is C1=NNN(c2ccccc2)N=C1c1ccccc1. The molecule has 0 fully saturated rings. The van der Waals surface area contributed by atoms with Crippen LogP contribution in [-0.4, -0.2) is 11.9 Å². The molecule has 0 aliphatic carbocycles. The Hall–Kier alpha value is -2.62. The summed E-state index contributed by atoms with van der Waals surface area (Å²) in [6.07, 6.45) is 1.72. The van der Waals surface area contributed by atoms with Crippen LogP contribution in [0.25, 0.3) is 0 Å². The molecule has 88 valence electrons. The van der Waals surface area contributed by atoms with Gasteiger partial charge in [-0.3, -0.25) is 0 Å². The average Bonchev–Trinajstić information content (AvgIpc) is 2.49. The maximum atomic E-state index is 4.51. The van der Waals surface area contributed by atoms with Crippen LogP contribution in [0, 0.1) is 0 Å². The highest BCUT2D eigenvalue weighted by Crippen LogP contribution is 2.14. The molecular formula is C14H12N4. The van der Waals surface area contributed by atoms with Crippen molar-refractivity contribution in [1.82, 2.24) is 5.53 Å². The summed E-state index contributed by atoms with van der Waals surface area (Å²) in [7, 11) is 0. The Bertz CT molecular complexity index is 575.